The van der Waals surface area contributed by atoms with E-state index in [-0.39, 0.29) is 13.0 Å². The number of nitrogens with zero attached hydrogens (tertiary/aromatic N) is 1. The second kappa shape index (κ2) is 6.59. The van der Waals surface area contributed by atoms with Crippen LogP contribution in [0.25, 0.3) is 11.3 Å². The molecule has 1 N–H and O–H groups in total. The predicted molar refractivity (Wildman–Crippen MR) is 90.3 cm³/mol. The van der Waals surface area contributed by atoms with E-state index in [0.717, 1.165) is 36.1 Å². The third-order valence-corrected chi connectivity index (χ3v) is 4.51. The first kappa shape index (κ1) is 16.4. The Hall–Kier alpha value is -2.43. The molecule has 24 heavy (non-hydrogen) atoms. The quantitative estimate of drug-likeness (QED) is 0.520. The molecule has 1 aliphatic carbocycles. The highest BCUT2D eigenvalue weighted by atomic mass is 16.5. The molecule has 1 aromatic heterocycles. The third-order valence-electron chi connectivity index (χ3n) is 4.51. The Morgan fingerprint density at radius 1 is 1.42 bits per heavy atom. The van der Waals surface area contributed by atoms with Gasteiger partial charge in [-0.25, -0.2) is 0 Å². The van der Waals surface area contributed by atoms with E-state index in [2.05, 4.69) is 24.0 Å². The van der Waals surface area contributed by atoms with Crippen molar-refractivity contribution in [1.29, 1.82) is 0 Å². The Labute approximate surface area is 141 Å². The van der Waals surface area contributed by atoms with E-state index in [1.54, 1.807) is 0 Å². The fourth-order valence-corrected chi connectivity index (χ4v) is 3.19. The second-order valence-electron chi connectivity index (χ2n) is 7.10. The largest absolute Gasteiger partial charge is 0.460 e. The average molecular weight is 326 g/mol. The Bertz CT molecular complexity index is 762. The van der Waals surface area contributed by atoms with Crippen LogP contribution in [0.1, 0.15) is 43.5 Å². The number of carbonyl (C=O) groups is 2. The summed E-state index contributed by atoms with van der Waals surface area (Å²) in [6.07, 6.45) is 3.53. The second-order valence-corrected chi connectivity index (χ2v) is 7.10. The van der Waals surface area contributed by atoms with Crippen LogP contribution in [-0.2, 0) is 33.8 Å². The first-order valence-corrected chi connectivity index (χ1v) is 8.23. The lowest BCUT2D eigenvalue weighted by Gasteiger charge is -2.29. The van der Waals surface area contributed by atoms with Crippen LogP contribution in [0.2, 0.25) is 0 Å². The van der Waals surface area contributed by atoms with Crippen molar-refractivity contribution in [2.75, 3.05) is 0 Å². The Balaban J connectivity index is 1.79. The van der Waals surface area contributed by atoms with Gasteiger partial charge in [-0.15, -0.1) is 0 Å². The number of rotatable bonds is 5. The molecule has 2 aromatic rings. The van der Waals surface area contributed by atoms with E-state index < -0.39 is 5.97 Å². The molecule has 0 aliphatic heterocycles. The van der Waals surface area contributed by atoms with Crippen LogP contribution in [0.3, 0.4) is 0 Å². The van der Waals surface area contributed by atoms with Crippen LogP contribution in [0, 0.1) is 5.41 Å². The molecule has 5 nitrogen and oxygen atoms in total. The molecule has 0 amide bonds. The number of ether oxygens (including phenoxy) is 1. The maximum atomic E-state index is 11.3. The van der Waals surface area contributed by atoms with E-state index in [4.69, 9.17) is 4.74 Å². The van der Waals surface area contributed by atoms with Crippen molar-refractivity contribution in [3.63, 3.8) is 0 Å². The molecule has 0 fully saturated rings. The van der Waals surface area contributed by atoms with Gasteiger partial charge < -0.3 is 9.53 Å². The summed E-state index contributed by atoms with van der Waals surface area (Å²) < 4.78 is 5.08. The zero-order valence-corrected chi connectivity index (χ0v) is 14.1. The number of carbonyl (C=O) groups excluding carboxylic acids is 2. The van der Waals surface area contributed by atoms with Gasteiger partial charge in [0.1, 0.15) is 19.3 Å². The van der Waals surface area contributed by atoms with Gasteiger partial charge in [-0.1, -0.05) is 32.0 Å². The minimum absolute atomic E-state index is 0.167. The minimum atomic E-state index is -0.505. The van der Waals surface area contributed by atoms with Crippen LogP contribution in [0.5, 0.6) is 0 Å². The van der Waals surface area contributed by atoms with Gasteiger partial charge in [0.05, 0.1) is 5.69 Å². The molecule has 0 bridgehead atoms. The molecule has 5 heteroatoms. The van der Waals surface area contributed by atoms with Crippen molar-refractivity contribution in [3.8, 4) is 11.3 Å². The number of nitrogens with one attached hydrogen (secondary N) is 1. The van der Waals surface area contributed by atoms with Crippen molar-refractivity contribution >= 4 is 12.3 Å². The molecule has 3 rings (SSSR count). The van der Waals surface area contributed by atoms with Crippen molar-refractivity contribution in [3.05, 3.63) is 41.1 Å². The topological polar surface area (TPSA) is 72.1 Å². The third kappa shape index (κ3) is 3.55. The highest BCUT2D eigenvalue weighted by Crippen LogP contribution is 2.37. The van der Waals surface area contributed by atoms with Gasteiger partial charge in [0.15, 0.2) is 0 Å². The molecule has 0 saturated heterocycles. The number of aromatic nitrogens is 2. The highest BCUT2D eigenvalue weighted by molar-refractivity contribution is 5.83. The van der Waals surface area contributed by atoms with Crippen LogP contribution in [0.4, 0.5) is 0 Å². The van der Waals surface area contributed by atoms with Crippen LogP contribution < -0.4 is 0 Å². The summed E-state index contributed by atoms with van der Waals surface area (Å²) in [5.74, 6) is -0.505. The molecule has 0 atom stereocenters. The maximum Gasteiger partial charge on any atom is 0.313 e. The molecule has 1 heterocycles. The summed E-state index contributed by atoms with van der Waals surface area (Å²) in [4.78, 5) is 21.6. The summed E-state index contributed by atoms with van der Waals surface area (Å²) in [5, 5.41) is 7.71. The molecular weight excluding hydrogens is 304 g/mol. The number of aromatic amines is 1. The van der Waals surface area contributed by atoms with Gasteiger partial charge in [-0.2, -0.15) is 5.10 Å². The number of benzene rings is 1. The summed E-state index contributed by atoms with van der Waals surface area (Å²) in [7, 11) is 0. The van der Waals surface area contributed by atoms with Crippen molar-refractivity contribution in [2.24, 2.45) is 5.41 Å². The van der Waals surface area contributed by atoms with E-state index >= 15 is 0 Å². The Morgan fingerprint density at radius 2 is 2.25 bits per heavy atom. The highest BCUT2D eigenvalue weighted by Gasteiger charge is 2.29. The lowest BCUT2D eigenvalue weighted by molar-refractivity contribution is -0.145. The minimum Gasteiger partial charge on any atom is -0.460 e. The number of esters is 1. The fraction of sp³-hybridized carbons (Fsp3) is 0.421. The van der Waals surface area contributed by atoms with Gasteiger partial charge in [0, 0.05) is 16.8 Å². The van der Waals surface area contributed by atoms with Gasteiger partial charge in [0.25, 0.3) is 0 Å². The van der Waals surface area contributed by atoms with E-state index in [1.807, 2.05) is 24.3 Å². The molecule has 126 valence electrons. The smallest absolute Gasteiger partial charge is 0.313 e. The molecule has 1 aliphatic rings. The number of fused-ring (bicyclic) bond motifs is 1. The first-order chi connectivity index (χ1) is 11.5. The zero-order chi connectivity index (χ0) is 17.2. The number of aldehydes is 1. The normalized spacial score (nSPS) is 15.6. The number of hydrogen-bond donors (Lipinski definition) is 1. The monoisotopic (exact) mass is 326 g/mol. The van der Waals surface area contributed by atoms with E-state index in [0.29, 0.717) is 11.7 Å². The fourth-order valence-electron chi connectivity index (χ4n) is 3.19. The zero-order valence-electron chi connectivity index (χ0n) is 14.1. The van der Waals surface area contributed by atoms with Crippen molar-refractivity contribution in [1.82, 2.24) is 10.2 Å². The SMILES string of the molecule is CC1(C)CCc2c(-c3cccc(COC(=O)CC=O)c3)n[nH]c2C1. The molecule has 0 spiro atoms. The number of hydrogen-bond acceptors (Lipinski definition) is 4. The van der Waals surface area contributed by atoms with Gasteiger partial charge in [-0.3, -0.25) is 9.89 Å². The van der Waals surface area contributed by atoms with Crippen molar-refractivity contribution in [2.45, 2.75) is 46.1 Å². The molecule has 1 aromatic carbocycles. The lowest BCUT2D eigenvalue weighted by atomic mass is 9.76. The molecular formula is C19H22N2O3. The standard InChI is InChI=1S/C19H22N2O3/c1-19(2)8-6-15-16(11-19)20-21-18(15)14-5-3-4-13(10-14)12-24-17(23)7-9-22/h3-5,9-10H,6-8,11-12H2,1-2H3,(H,20,21). The summed E-state index contributed by atoms with van der Waals surface area (Å²) >= 11 is 0. The first-order valence-electron chi connectivity index (χ1n) is 8.23. The summed E-state index contributed by atoms with van der Waals surface area (Å²) in [6, 6.07) is 7.85. The van der Waals surface area contributed by atoms with Gasteiger partial charge >= 0.3 is 5.97 Å². The molecule has 0 unspecified atom stereocenters. The Kier molecular flexibility index (Phi) is 4.51. The predicted octanol–water partition coefficient (Wildman–Crippen LogP) is 3.22. The number of H-pyrrole nitrogens is 1. The molecule has 0 radical (unpaired) electrons. The maximum absolute atomic E-state index is 11.3. The van der Waals surface area contributed by atoms with Crippen molar-refractivity contribution < 1.29 is 14.3 Å². The summed E-state index contributed by atoms with van der Waals surface area (Å²) in [5.41, 5.74) is 5.73. The van der Waals surface area contributed by atoms with E-state index in [9.17, 15) is 9.59 Å². The van der Waals surface area contributed by atoms with Crippen LogP contribution in [0.15, 0.2) is 24.3 Å². The van der Waals surface area contributed by atoms with Crippen LogP contribution in [-0.4, -0.2) is 22.5 Å². The van der Waals surface area contributed by atoms with Gasteiger partial charge in [0.2, 0.25) is 0 Å². The van der Waals surface area contributed by atoms with Crippen LogP contribution >= 0.6 is 0 Å². The Morgan fingerprint density at radius 3 is 3.04 bits per heavy atom. The van der Waals surface area contributed by atoms with Gasteiger partial charge in [-0.05, 0) is 36.3 Å². The summed E-state index contributed by atoms with van der Waals surface area (Å²) in [6.45, 7) is 4.73. The van der Waals surface area contributed by atoms with E-state index in [1.165, 1.54) is 11.3 Å². The lowest BCUT2D eigenvalue weighted by Crippen LogP contribution is -2.21. The molecule has 0 saturated carbocycles. The average Bonchev–Trinajstić information content (AvgIpc) is 2.95.